The Bertz CT molecular complexity index is 2820. The van der Waals surface area contributed by atoms with Gasteiger partial charge in [0, 0.05) is 33.2 Å². The van der Waals surface area contributed by atoms with Gasteiger partial charge in [0.05, 0.1) is 22.6 Å². The average molecular weight is 683 g/mol. The highest BCUT2D eigenvalue weighted by Gasteiger charge is 2.41. The molecule has 0 radical (unpaired) electrons. The summed E-state index contributed by atoms with van der Waals surface area (Å²) in [6, 6.07) is 57.5. The van der Waals surface area contributed by atoms with Crippen LogP contribution < -0.4 is 9.64 Å². The van der Waals surface area contributed by atoms with E-state index in [-0.39, 0.29) is 10.8 Å². The van der Waals surface area contributed by atoms with Crippen LogP contribution in [-0.4, -0.2) is 4.57 Å². The largest absolute Gasteiger partial charge is 0.453 e. The third-order valence-electron chi connectivity index (χ3n) is 12.1. The molecule has 0 spiro atoms. The molecular weight excluding hydrogens is 645 g/mol. The van der Waals surface area contributed by atoms with Gasteiger partial charge in [-0.1, -0.05) is 125 Å². The van der Waals surface area contributed by atoms with Crippen LogP contribution in [0, 0.1) is 0 Å². The number of aromatic nitrogens is 1. The highest BCUT2D eigenvalue weighted by Crippen LogP contribution is 2.56. The van der Waals surface area contributed by atoms with E-state index in [1.165, 1.54) is 66.8 Å². The van der Waals surface area contributed by atoms with E-state index >= 15 is 0 Å². The van der Waals surface area contributed by atoms with Gasteiger partial charge in [0.2, 0.25) is 0 Å². The third-order valence-corrected chi connectivity index (χ3v) is 12.1. The van der Waals surface area contributed by atoms with Gasteiger partial charge in [-0.25, -0.2) is 0 Å². The second-order valence-electron chi connectivity index (χ2n) is 15.8. The average Bonchev–Trinajstić information content (AvgIpc) is 3.74. The van der Waals surface area contributed by atoms with E-state index in [0.29, 0.717) is 0 Å². The molecule has 0 unspecified atom stereocenters. The maximum Gasteiger partial charge on any atom is 0.152 e. The van der Waals surface area contributed by atoms with Gasteiger partial charge in [-0.3, -0.25) is 0 Å². The van der Waals surface area contributed by atoms with Crippen molar-refractivity contribution in [1.82, 2.24) is 4.57 Å². The molecule has 3 aliphatic rings. The van der Waals surface area contributed by atoms with Gasteiger partial charge in [-0.2, -0.15) is 0 Å². The molecule has 0 bridgehead atoms. The van der Waals surface area contributed by atoms with Crippen molar-refractivity contribution in [2.45, 2.75) is 38.5 Å². The molecule has 2 aliphatic carbocycles. The standard InChI is InChI=1S/C50H38N2O/c1-49(2)39-18-10-8-16-35(39)36-25-24-34(30-41(36)49)52-42-26-22-31(28-38(42)47-48(52)37-17-9-11-19-40(37)50(47,3)4)32-23-27-44-46(29-32)53-45-21-13-12-20-43(45)51(44)33-14-6-5-7-15-33/h5-30H,1-4H3. The molecule has 0 saturated carbocycles. The van der Waals surface area contributed by atoms with E-state index in [4.69, 9.17) is 4.74 Å². The zero-order valence-electron chi connectivity index (χ0n) is 30.3. The minimum atomic E-state index is -0.168. The molecule has 0 fully saturated rings. The number of hydrogen-bond donors (Lipinski definition) is 0. The summed E-state index contributed by atoms with van der Waals surface area (Å²) < 4.78 is 9.15. The second-order valence-corrected chi connectivity index (χ2v) is 15.8. The Labute approximate surface area is 310 Å². The lowest BCUT2D eigenvalue weighted by atomic mass is 9.81. The predicted octanol–water partition coefficient (Wildman–Crippen LogP) is 13.5. The summed E-state index contributed by atoms with van der Waals surface area (Å²) in [6.45, 7) is 9.51. The summed E-state index contributed by atoms with van der Waals surface area (Å²) in [4.78, 5) is 2.30. The van der Waals surface area contributed by atoms with Crippen LogP contribution in [0.1, 0.15) is 49.9 Å². The Morgan fingerprint density at radius 3 is 1.92 bits per heavy atom. The first-order valence-corrected chi connectivity index (χ1v) is 18.6. The number of benzene rings is 7. The highest BCUT2D eigenvalue weighted by atomic mass is 16.5. The van der Waals surface area contributed by atoms with E-state index in [1.54, 1.807) is 0 Å². The lowest BCUT2D eigenvalue weighted by molar-refractivity contribution is 0.477. The first-order valence-electron chi connectivity index (χ1n) is 18.6. The Morgan fingerprint density at radius 2 is 1.09 bits per heavy atom. The van der Waals surface area contributed by atoms with Crippen molar-refractivity contribution in [3.8, 4) is 50.7 Å². The zero-order chi connectivity index (χ0) is 35.6. The lowest BCUT2D eigenvalue weighted by Gasteiger charge is -2.33. The van der Waals surface area contributed by atoms with Crippen LogP contribution in [0.15, 0.2) is 158 Å². The van der Waals surface area contributed by atoms with Crippen LogP contribution >= 0.6 is 0 Å². The molecule has 0 amide bonds. The van der Waals surface area contributed by atoms with E-state index in [2.05, 4.69) is 189 Å². The molecule has 8 aromatic rings. The summed E-state index contributed by atoms with van der Waals surface area (Å²) in [6.07, 6.45) is 0. The molecule has 11 rings (SSSR count). The van der Waals surface area contributed by atoms with Gasteiger partial charge in [-0.05, 0) is 105 Å². The molecule has 254 valence electrons. The molecule has 2 heterocycles. The monoisotopic (exact) mass is 682 g/mol. The quantitative estimate of drug-likeness (QED) is 0.185. The van der Waals surface area contributed by atoms with Crippen LogP contribution in [-0.2, 0) is 10.8 Å². The summed E-state index contributed by atoms with van der Waals surface area (Å²) in [5, 5.41) is 1.29. The minimum Gasteiger partial charge on any atom is -0.453 e. The topological polar surface area (TPSA) is 17.4 Å². The Kier molecular flexibility index (Phi) is 6.07. The third kappa shape index (κ3) is 4.11. The Balaban J connectivity index is 1.10. The summed E-state index contributed by atoms with van der Waals surface area (Å²) >= 11 is 0. The molecule has 53 heavy (non-hydrogen) atoms. The van der Waals surface area contributed by atoms with Crippen molar-refractivity contribution in [1.29, 1.82) is 0 Å². The maximum atomic E-state index is 6.62. The van der Waals surface area contributed by atoms with Crippen molar-refractivity contribution in [3.05, 3.63) is 180 Å². The van der Waals surface area contributed by atoms with Gasteiger partial charge in [0.25, 0.3) is 0 Å². The predicted molar refractivity (Wildman–Crippen MR) is 219 cm³/mol. The first kappa shape index (κ1) is 30.3. The summed E-state index contributed by atoms with van der Waals surface area (Å²) in [5.41, 5.74) is 18.5. The Morgan fingerprint density at radius 1 is 0.453 bits per heavy atom. The fourth-order valence-electron chi connectivity index (χ4n) is 9.62. The van der Waals surface area contributed by atoms with Crippen LogP contribution in [0.5, 0.6) is 11.5 Å². The molecule has 7 aromatic carbocycles. The number of hydrogen-bond acceptors (Lipinski definition) is 2. The van der Waals surface area contributed by atoms with Crippen molar-refractivity contribution in [2.24, 2.45) is 0 Å². The van der Waals surface area contributed by atoms with E-state index < -0.39 is 0 Å². The number of fused-ring (bicyclic) bond motifs is 10. The normalized spacial score (nSPS) is 15.2. The van der Waals surface area contributed by atoms with Gasteiger partial charge < -0.3 is 14.2 Å². The van der Waals surface area contributed by atoms with E-state index in [1.807, 2.05) is 6.07 Å². The van der Waals surface area contributed by atoms with Crippen LogP contribution in [0.2, 0.25) is 0 Å². The number of ether oxygens (including phenoxy) is 1. The maximum absolute atomic E-state index is 6.62. The van der Waals surface area contributed by atoms with Crippen molar-refractivity contribution >= 4 is 28.0 Å². The van der Waals surface area contributed by atoms with Crippen molar-refractivity contribution < 1.29 is 4.74 Å². The SMILES string of the molecule is CC1(C)c2ccccc2-c2ccc(-n3c4c(c5cc(-c6ccc7c(c6)Oc6ccccc6N7c6ccccc6)ccc53)C(C)(C)c3ccccc3-4)cc21. The molecule has 3 nitrogen and oxygen atoms in total. The number of anilines is 3. The fourth-order valence-corrected chi connectivity index (χ4v) is 9.62. The second kappa shape index (κ2) is 10.6. The molecular formula is C50H38N2O. The smallest absolute Gasteiger partial charge is 0.152 e. The van der Waals surface area contributed by atoms with Gasteiger partial charge in [-0.15, -0.1) is 0 Å². The summed E-state index contributed by atoms with van der Waals surface area (Å²) in [7, 11) is 0. The molecule has 1 aliphatic heterocycles. The van der Waals surface area contributed by atoms with Crippen molar-refractivity contribution in [3.63, 3.8) is 0 Å². The van der Waals surface area contributed by atoms with Crippen molar-refractivity contribution in [2.75, 3.05) is 4.90 Å². The van der Waals surface area contributed by atoms with E-state index in [9.17, 15) is 0 Å². The fraction of sp³-hybridized carbons (Fsp3) is 0.120. The molecule has 1 aromatic heterocycles. The summed E-state index contributed by atoms with van der Waals surface area (Å²) in [5.74, 6) is 1.70. The van der Waals surface area contributed by atoms with Gasteiger partial charge in [0.15, 0.2) is 11.5 Å². The van der Waals surface area contributed by atoms with Crippen LogP contribution in [0.25, 0.3) is 50.1 Å². The number of para-hydroxylation sites is 3. The highest BCUT2D eigenvalue weighted by molar-refractivity contribution is 6.01. The number of rotatable bonds is 3. The van der Waals surface area contributed by atoms with E-state index in [0.717, 1.165) is 34.1 Å². The minimum absolute atomic E-state index is 0.0798. The van der Waals surface area contributed by atoms with Gasteiger partial charge in [0.1, 0.15) is 0 Å². The molecule has 0 atom stereocenters. The first-order chi connectivity index (χ1) is 25.8. The van der Waals surface area contributed by atoms with Crippen LogP contribution in [0.3, 0.4) is 0 Å². The molecule has 3 heteroatoms. The molecule has 0 saturated heterocycles. The zero-order valence-corrected chi connectivity index (χ0v) is 30.3. The molecule has 0 N–H and O–H groups in total. The van der Waals surface area contributed by atoms with Gasteiger partial charge >= 0.3 is 0 Å². The lowest BCUT2D eigenvalue weighted by Crippen LogP contribution is -2.15. The Hall–Kier alpha value is -6.32. The number of nitrogens with zero attached hydrogens (tertiary/aromatic N) is 2. The van der Waals surface area contributed by atoms with Crippen LogP contribution in [0.4, 0.5) is 17.1 Å².